The minimum Gasteiger partial charge on any atom is -0.496 e. The van der Waals surface area contributed by atoms with Gasteiger partial charge in [-0.25, -0.2) is 0 Å². The van der Waals surface area contributed by atoms with E-state index in [4.69, 9.17) is 4.74 Å². The van der Waals surface area contributed by atoms with Gasteiger partial charge in [-0.05, 0) is 46.5 Å². The predicted octanol–water partition coefficient (Wildman–Crippen LogP) is 3.70. The van der Waals surface area contributed by atoms with Crippen LogP contribution in [0.15, 0.2) is 22.7 Å². The molecule has 0 saturated carbocycles. The van der Waals surface area contributed by atoms with Crippen molar-refractivity contribution in [3.8, 4) is 5.75 Å². The third-order valence-corrected chi connectivity index (χ3v) is 5.47. The number of halogens is 2. The second kappa shape index (κ2) is 6.27. The molecule has 1 aromatic rings. The third kappa shape index (κ3) is 3.31. The Labute approximate surface area is 130 Å². The first-order valence-corrected chi connectivity index (χ1v) is 8.00. The van der Waals surface area contributed by atoms with Gasteiger partial charge in [0.2, 0.25) is 0 Å². The van der Waals surface area contributed by atoms with Crippen molar-refractivity contribution >= 4 is 37.8 Å². The molecule has 0 bridgehead atoms. The Morgan fingerprint density at radius 2 is 2.21 bits per heavy atom. The van der Waals surface area contributed by atoms with Gasteiger partial charge >= 0.3 is 0 Å². The van der Waals surface area contributed by atoms with Crippen LogP contribution in [0.1, 0.15) is 23.7 Å². The van der Waals surface area contributed by atoms with E-state index in [1.807, 2.05) is 23.1 Å². The van der Waals surface area contributed by atoms with Crippen molar-refractivity contribution in [1.29, 1.82) is 0 Å². The lowest BCUT2D eigenvalue weighted by atomic mass is 9.99. The number of likely N-dealkylation sites (tertiary alicyclic amines) is 1. The van der Waals surface area contributed by atoms with E-state index >= 15 is 0 Å². The summed E-state index contributed by atoms with van der Waals surface area (Å²) in [6.45, 7) is 3.78. The summed E-state index contributed by atoms with van der Waals surface area (Å²) in [5.41, 5.74) is 0.702. The van der Waals surface area contributed by atoms with E-state index in [9.17, 15) is 4.79 Å². The molecule has 2 atom stereocenters. The predicted molar refractivity (Wildman–Crippen MR) is 83.1 cm³/mol. The largest absolute Gasteiger partial charge is 0.496 e. The number of amides is 1. The van der Waals surface area contributed by atoms with Crippen LogP contribution in [0.4, 0.5) is 0 Å². The molecule has 0 aliphatic carbocycles. The van der Waals surface area contributed by atoms with Crippen LogP contribution in [0, 0.1) is 5.92 Å². The fourth-order valence-electron chi connectivity index (χ4n) is 2.28. The molecule has 3 nitrogen and oxygen atoms in total. The third-order valence-electron chi connectivity index (χ3n) is 3.49. The molecule has 0 spiro atoms. The van der Waals surface area contributed by atoms with Crippen LogP contribution >= 0.6 is 31.9 Å². The van der Waals surface area contributed by atoms with Crippen molar-refractivity contribution in [3.05, 3.63) is 28.2 Å². The van der Waals surface area contributed by atoms with Crippen LogP contribution in [-0.2, 0) is 0 Å². The topological polar surface area (TPSA) is 29.5 Å². The monoisotopic (exact) mass is 389 g/mol. The fourth-order valence-corrected chi connectivity index (χ4v) is 3.20. The second-order valence-electron chi connectivity index (χ2n) is 4.88. The maximum Gasteiger partial charge on any atom is 0.253 e. The lowest BCUT2D eigenvalue weighted by Gasteiger charge is -2.34. The summed E-state index contributed by atoms with van der Waals surface area (Å²) < 4.78 is 5.99. The van der Waals surface area contributed by atoms with Crippen LogP contribution in [0.3, 0.4) is 0 Å². The first-order chi connectivity index (χ1) is 9.02. The average Bonchev–Trinajstić information content (AvgIpc) is 2.41. The molecule has 1 amide bonds. The molecule has 0 N–H and O–H groups in total. The number of carbonyl (C=O) groups excluding carboxylic acids is 1. The van der Waals surface area contributed by atoms with E-state index in [0.29, 0.717) is 16.3 Å². The molecule has 1 saturated heterocycles. The minimum atomic E-state index is 0.0922. The molecule has 2 rings (SSSR count). The van der Waals surface area contributed by atoms with Gasteiger partial charge in [-0.3, -0.25) is 4.79 Å². The second-order valence-corrected chi connectivity index (χ2v) is 6.91. The van der Waals surface area contributed by atoms with E-state index in [-0.39, 0.29) is 5.91 Å². The van der Waals surface area contributed by atoms with Gasteiger partial charge < -0.3 is 9.64 Å². The zero-order valence-electron chi connectivity index (χ0n) is 11.0. The molecule has 104 valence electrons. The molecule has 1 fully saturated rings. The molecule has 5 heteroatoms. The van der Waals surface area contributed by atoms with Gasteiger partial charge in [0.15, 0.2) is 0 Å². The number of carbonyl (C=O) groups is 1. The highest BCUT2D eigenvalue weighted by Crippen LogP contribution is 2.28. The summed E-state index contributed by atoms with van der Waals surface area (Å²) in [7, 11) is 1.62. The van der Waals surface area contributed by atoms with E-state index < -0.39 is 0 Å². The number of benzene rings is 1. The Hall–Kier alpha value is -0.550. The van der Waals surface area contributed by atoms with Crippen LogP contribution in [0.5, 0.6) is 5.75 Å². The number of methoxy groups -OCH3 is 1. The highest BCUT2D eigenvalue weighted by molar-refractivity contribution is 9.10. The molecule has 0 aromatic heterocycles. The Bertz CT molecular complexity index is 479. The van der Waals surface area contributed by atoms with Gasteiger partial charge in [-0.15, -0.1) is 0 Å². The molecular formula is C14H17Br2NO2. The number of nitrogens with zero attached hydrogens (tertiary/aromatic N) is 1. The van der Waals surface area contributed by atoms with E-state index in [1.54, 1.807) is 7.11 Å². The molecule has 1 aliphatic rings. The standard InChI is InChI=1S/C14H17Br2NO2/c1-9-8-17(6-5-11(9)15)14(18)10-3-4-13(19-2)12(16)7-10/h3-4,7,9,11H,5-6,8H2,1-2H3. The summed E-state index contributed by atoms with van der Waals surface area (Å²) in [5.74, 6) is 1.32. The zero-order chi connectivity index (χ0) is 14.0. The highest BCUT2D eigenvalue weighted by atomic mass is 79.9. The molecule has 1 aromatic carbocycles. The van der Waals surface area contributed by atoms with Gasteiger partial charge in [-0.2, -0.15) is 0 Å². The van der Waals surface area contributed by atoms with Crippen LogP contribution in [0.25, 0.3) is 0 Å². The van der Waals surface area contributed by atoms with Gasteiger partial charge in [0.25, 0.3) is 5.91 Å². The quantitative estimate of drug-likeness (QED) is 0.720. The van der Waals surface area contributed by atoms with Crippen LogP contribution < -0.4 is 4.74 Å². The fraction of sp³-hybridized carbons (Fsp3) is 0.500. The Balaban J connectivity index is 2.13. The smallest absolute Gasteiger partial charge is 0.253 e. The van der Waals surface area contributed by atoms with Crippen molar-refractivity contribution in [2.75, 3.05) is 20.2 Å². The lowest BCUT2D eigenvalue weighted by molar-refractivity contribution is 0.0690. The number of ether oxygens (including phenoxy) is 1. The van der Waals surface area contributed by atoms with Gasteiger partial charge in [-0.1, -0.05) is 22.9 Å². The first kappa shape index (κ1) is 14.9. The molecular weight excluding hydrogens is 374 g/mol. The molecule has 0 radical (unpaired) electrons. The van der Waals surface area contributed by atoms with Crippen molar-refractivity contribution in [1.82, 2.24) is 4.90 Å². The molecule has 1 heterocycles. The summed E-state index contributed by atoms with van der Waals surface area (Å²) in [4.78, 5) is 14.9. The minimum absolute atomic E-state index is 0.0922. The van der Waals surface area contributed by atoms with Crippen molar-refractivity contribution in [3.63, 3.8) is 0 Å². The number of piperidine rings is 1. The number of hydrogen-bond acceptors (Lipinski definition) is 2. The van der Waals surface area contributed by atoms with E-state index in [0.717, 1.165) is 29.7 Å². The SMILES string of the molecule is COc1ccc(C(=O)N2CCC(Br)C(C)C2)cc1Br. The maximum atomic E-state index is 12.5. The maximum absolute atomic E-state index is 12.5. The van der Waals surface area contributed by atoms with Gasteiger partial charge in [0.05, 0.1) is 11.6 Å². The average molecular weight is 391 g/mol. The number of rotatable bonds is 2. The van der Waals surface area contributed by atoms with E-state index in [1.165, 1.54) is 0 Å². The highest BCUT2D eigenvalue weighted by Gasteiger charge is 2.27. The molecule has 2 unspecified atom stereocenters. The summed E-state index contributed by atoms with van der Waals surface area (Å²) in [5, 5.41) is 0. The molecule has 19 heavy (non-hydrogen) atoms. The summed E-state index contributed by atoms with van der Waals surface area (Å²) >= 11 is 7.07. The lowest BCUT2D eigenvalue weighted by Crippen LogP contribution is -2.43. The van der Waals surface area contributed by atoms with Crippen LogP contribution in [0.2, 0.25) is 0 Å². The molecule has 1 aliphatic heterocycles. The Morgan fingerprint density at radius 1 is 1.47 bits per heavy atom. The number of hydrogen-bond donors (Lipinski definition) is 0. The van der Waals surface area contributed by atoms with E-state index in [2.05, 4.69) is 38.8 Å². The van der Waals surface area contributed by atoms with Crippen molar-refractivity contribution in [2.45, 2.75) is 18.2 Å². The summed E-state index contributed by atoms with van der Waals surface area (Å²) in [6.07, 6.45) is 1.00. The normalized spacial score (nSPS) is 23.3. The van der Waals surface area contributed by atoms with Crippen molar-refractivity contribution in [2.24, 2.45) is 5.92 Å². The zero-order valence-corrected chi connectivity index (χ0v) is 14.2. The first-order valence-electron chi connectivity index (χ1n) is 6.29. The Morgan fingerprint density at radius 3 is 2.79 bits per heavy atom. The van der Waals surface area contributed by atoms with Gasteiger partial charge in [0.1, 0.15) is 5.75 Å². The van der Waals surface area contributed by atoms with Crippen LogP contribution in [-0.4, -0.2) is 35.8 Å². The summed E-state index contributed by atoms with van der Waals surface area (Å²) in [6, 6.07) is 5.46. The van der Waals surface area contributed by atoms with Gasteiger partial charge in [0, 0.05) is 23.5 Å². The van der Waals surface area contributed by atoms with Crippen molar-refractivity contribution < 1.29 is 9.53 Å². The number of alkyl halides is 1. The Kier molecular flexibility index (Phi) is 4.90.